The fourth-order valence-electron chi connectivity index (χ4n) is 1.33. The molecule has 0 aliphatic carbocycles. The van der Waals surface area contributed by atoms with Gasteiger partial charge in [0.1, 0.15) is 0 Å². The van der Waals surface area contributed by atoms with Crippen LogP contribution in [0, 0.1) is 11.8 Å². The summed E-state index contributed by atoms with van der Waals surface area (Å²) in [5.74, 6) is 0.301. The van der Waals surface area contributed by atoms with E-state index in [0.717, 1.165) is 0 Å². The van der Waals surface area contributed by atoms with Gasteiger partial charge in [-0.1, -0.05) is 39.0 Å². The minimum Gasteiger partial charge on any atom is -0.385 e. The minimum atomic E-state index is -0.740. The SMILES string of the molecule is C=C[C@H](C)[C@@](O)(/C=C/C)C(C)C. The van der Waals surface area contributed by atoms with Crippen LogP contribution in [0.2, 0.25) is 0 Å². The van der Waals surface area contributed by atoms with Crippen molar-refractivity contribution >= 4 is 0 Å². The van der Waals surface area contributed by atoms with E-state index in [2.05, 4.69) is 6.58 Å². The maximum Gasteiger partial charge on any atom is 0.0909 e. The highest BCUT2D eigenvalue weighted by Gasteiger charge is 2.32. The first-order valence-electron chi connectivity index (χ1n) is 4.47. The highest BCUT2D eigenvalue weighted by Crippen LogP contribution is 2.28. The molecule has 0 heterocycles. The zero-order valence-corrected chi connectivity index (χ0v) is 8.54. The fourth-order valence-corrected chi connectivity index (χ4v) is 1.33. The molecule has 0 aliphatic heterocycles. The van der Waals surface area contributed by atoms with Crippen LogP contribution >= 0.6 is 0 Å². The zero-order chi connectivity index (χ0) is 9.78. The minimum absolute atomic E-state index is 0.0914. The summed E-state index contributed by atoms with van der Waals surface area (Å²) in [5.41, 5.74) is -0.740. The highest BCUT2D eigenvalue weighted by atomic mass is 16.3. The van der Waals surface area contributed by atoms with Crippen molar-refractivity contribution < 1.29 is 5.11 Å². The van der Waals surface area contributed by atoms with Crippen molar-refractivity contribution in [2.24, 2.45) is 11.8 Å². The summed E-state index contributed by atoms with van der Waals surface area (Å²) in [6, 6.07) is 0. The van der Waals surface area contributed by atoms with Crippen molar-refractivity contribution in [1.29, 1.82) is 0 Å². The predicted octanol–water partition coefficient (Wildman–Crippen LogP) is 2.77. The van der Waals surface area contributed by atoms with Gasteiger partial charge in [0.25, 0.3) is 0 Å². The van der Waals surface area contributed by atoms with E-state index in [1.165, 1.54) is 0 Å². The number of aliphatic hydroxyl groups is 1. The average molecular weight is 168 g/mol. The van der Waals surface area contributed by atoms with E-state index in [9.17, 15) is 5.11 Å². The molecule has 1 heteroatoms. The fraction of sp³-hybridized carbons (Fsp3) is 0.636. The number of rotatable bonds is 4. The van der Waals surface area contributed by atoms with Crippen LogP contribution in [0.5, 0.6) is 0 Å². The molecule has 0 bridgehead atoms. The molecular formula is C11H20O. The van der Waals surface area contributed by atoms with Crippen molar-refractivity contribution in [3.05, 3.63) is 24.8 Å². The summed E-state index contributed by atoms with van der Waals surface area (Å²) in [5, 5.41) is 10.2. The molecule has 0 aliphatic rings. The Morgan fingerprint density at radius 1 is 1.33 bits per heavy atom. The van der Waals surface area contributed by atoms with Crippen molar-refractivity contribution in [2.45, 2.75) is 33.3 Å². The summed E-state index contributed by atoms with van der Waals surface area (Å²) >= 11 is 0. The van der Waals surface area contributed by atoms with E-state index in [-0.39, 0.29) is 11.8 Å². The third-order valence-corrected chi connectivity index (χ3v) is 2.44. The van der Waals surface area contributed by atoms with Gasteiger partial charge in [-0.3, -0.25) is 0 Å². The molecule has 0 fully saturated rings. The molecule has 0 spiro atoms. The van der Waals surface area contributed by atoms with E-state index < -0.39 is 5.60 Å². The van der Waals surface area contributed by atoms with Crippen LogP contribution in [0.25, 0.3) is 0 Å². The molecule has 70 valence electrons. The third kappa shape index (κ3) is 2.21. The second-order valence-electron chi connectivity index (χ2n) is 3.57. The summed E-state index contributed by atoms with van der Waals surface area (Å²) in [7, 11) is 0. The van der Waals surface area contributed by atoms with Gasteiger partial charge in [-0.05, 0) is 12.8 Å². The summed E-state index contributed by atoms with van der Waals surface area (Å²) in [6.07, 6.45) is 5.53. The second-order valence-corrected chi connectivity index (χ2v) is 3.57. The average Bonchev–Trinajstić information content (AvgIpc) is 2.03. The summed E-state index contributed by atoms with van der Waals surface area (Å²) < 4.78 is 0. The first-order valence-corrected chi connectivity index (χ1v) is 4.47. The Balaban J connectivity index is 4.72. The molecule has 0 unspecified atom stereocenters. The highest BCUT2D eigenvalue weighted by molar-refractivity contribution is 5.08. The Kier molecular flexibility index (Phi) is 4.25. The molecule has 0 radical (unpaired) electrons. The van der Waals surface area contributed by atoms with Gasteiger partial charge in [-0.15, -0.1) is 6.58 Å². The molecule has 2 atom stereocenters. The Labute approximate surface area is 75.8 Å². The van der Waals surface area contributed by atoms with Crippen LogP contribution in [-0.4, -0.2) is 10.7 Å². The van der Waals surface area contributed by atoms with E-state index in [1.54, 1.807) is 6.08 Å². The van der Waals surface area contributed by atoms with Gasteiger partial charge in [0, 0.05) is 5.92 Å². The first kappa shape index (κ1) is 11.4. The number of hydrogen-bond donors (Lipinski definition) is 1. The van der Waals surface area contributed by atoms with Crippen LogP contribution in [0.4, 0.5) is 0 Å². The molecular weight excluding hydrogens is 148 g/mol. The van der Waals surface area contributed by atoms with Crippen molar-refractivity contribution in [1.82, 2.24) is 0 Å². The molecule has 0 saturated carbocycles. The molecule has 0 aromatic heterocycles. The van der Waals surface area contributed by atoms with E-state index >= 15 is 0 Å². The van der Waals surface area contributed by atoms with E-state index in [1.807, 2.05) is 39.8 Å². The maximum absolute atomic E-state index is 10.2. The van der Waals surface area contributed by atoms with Gasteiger partial charge in [0.15, 0.2) is 0 Å². The third-order valence-electron chi connectivity index (χ3n) is 2.44. The van der Waals surface area contributed by atoms with E-state index in [4.69, 9.17) is 0 Å². The summed E-state index contributed by atoms with van der Waals surface area (Å²) in [4.78, 5) is 0. The van der Waals surface area contributed by atoms with Gasteiger partial charge in [-0.25, -0.2) is 0 Å². The summed E-state index contributed by atoms with van der Waals surface area (Å²) in [6.45, 7) is 11.6. The van der Waals surface area contributed by atoms with Crippen molar-refractivity contribution in [3.63, 3.8) is 0 Å². The molecule has 1 N–H and O–H groups in total. The van der Waals surface area contributed by atoms with Crippen LogP contribution in [0.1, 0.15) is 27.7 Å². The van der Waals surface area contributed by atoms with Gasteiger partial charge in [-0.2, -0.15) is 0 Å². The van der Waals surface area contributed by atoms with Crippen LogP contribution < -0.4 is 0 Å². The first-order chi connectivity index (χ1) is 5.49. The molecule has 12 heavy (non-hydrogen) atoms. The Morgan fingerprint density at radius 2 is 1.83 bits per heavy atom. The smallest absolute Gasteiger partial charge is 0.0909 e. The maximum atomic E-state index is 10.2. The van der Waals surface area contributed by atoms with Crippen LogP contribution in [0.15, 0.2) is 24.8 Å². The molecule has 1 nitrogen and oxygen atoms in total. The van der Waals surface area contributed by atoms with Gasteiger partial charge in [0.2, 0.25) is 0 Å². The quantitative estimate of drug-likeness (QED) is 0.640. The van der Waals surface area contributed by atoms with Gasteiger partial charge < -0.3 is 5.11 Å². The Hall–Kier alpha value is -0.560. The molecule has 0 rings (SSSR count). The topological polar surface area (TPSA) is 20.2 Å². The van der Waals surface area contributed by atoms with Gasteiger partial charge >= 0.3 is 0 Å². The molecule has 0 saturated heterocycles. The normalized spacial score (nSPS) is 19.5. The van der Waals surface area contributed by atoms with Crippen LogP contribution in [0.3, 0.4) is 0 Å². The largest absolute Gasteiger partial charge is 0.385 e. The standard InChI is InChI=1S/C11H20O/c1-6-8-11(12,9(3)4)10(5)7-2/h6-10,12H,2H2,1,3-5H3/b8-6+/t10-,11+/m0/s1. The van der Waals surface area contributed by atoms with Gasteiger partial charge in [0.05, 0.1) is 5.60 Å². The zero-order valence-electron chi connectivity index (χ0n) is 8.54. The lowest BCUT2D eigenvalue weighted by molar-refractivity contribution is 0.00992. The molecule has 0 aromatic rings. The second kappa shape index (κ2) is 4.46. The molecule has 0 aromatic carbocycles. The lowest BCUT2D eigenvalue weighted by Crippen LogP contribution is -2.38. The lowest BCUT2D eigenvalue weighted by atomic mass is 9.79. The Bertz CT molecular complexity index is 170. The predicted molar refractivity (Wildman–Crippen MR) is 54.0 cm³/mol. The van der Waals surface area contributed by atoms with Crippen molar-refractivity contribution in [2.75, 3.05) is 0 Å². The lowest BCUT2D eigenvalue weighted by Gasteiger charge is -2.33. The number of hydrogen-bond acceptors (Lipinski definition) is 1. The molecule has 0 amide bonds. The Morgan fingerprint density at radius 3 is 2.08 bits per heavy atom. The van der Waals surface area contributed by atoms with Crippen molar-refractivity contribution in [3.8, 4) is 0 Å². The van der Waals surface area contributed by atoms with Crippen LogP contribution in [-0.2, 0) is 0 Å². The monoisotopic (exact) mass is 168 g/mol. The number of allylic oxidation sites excluding steroid dienone is 1. The van der Waals surface area contributed by atoms with E-state index in [0.29, 0.717) is 0 Å².